The molecule has 0 aromatic heterocycles. The molecule has 0 heterocycles. The molecular weight excluding hydrogens is 154 g/mol. The van der Waals surface area contributed by atoms with Gasteiger partial charge in [-0.3, -0.25) is 0 Å². The van der Waals surface area contributed by atoms with Crippen molar-refractivity contribution in [3.63, 3.8) is 0 Å². The lowest BCUT2D eigenvalue weighted by molar-refractivity contribution is 0.636. The molecule has 42 valence electrons. The number of hydrogen-bond donors (Lipinski definition) is 1. The van der Waals surface area contributed by atoms with E-state index < -0.39 is 6.19 Å². The van der Waals surface area contributed by atoms with Crippen molar-refractivity contribution < 1.29 is 4.89 Å². The maximum Gasteiger partial charge on any atom is 0.339 e. The van der Waals surface area contributed by atoms with E-state index in [1.54, 1.807) is 0 Å². The fourth-order valence-corrected chi connectivity index (χ4v) is 1.05. The molecule has 0 saturated heterocycles. The van der Waals surface area contributed by atoms with Crippen molar-refractivity contribution >= 4 is 28.7 Å². The van der Waals surface area contributed by atoms with Gasteiger partial charge < -0.3 is 0 Å². The molecule has 0 bridgehead atoms. The Balaban J connectivity index is 3.34. The first-order valence-corrected chi connectivity index (χ1v) is 5.41. The van der Waals surface area contributed by atoms with Crippen LogP contribution < -0.4 is 0 Å². The first-order chi connectivity index (χ1) is 3.06. The summed E-state index contributed by atoms with van der Waals surface area (Å²) in [6.45, 7) is 3.34. The molecule has 0 atom stereocenters. The Labute approximate surface area is 52.9 Å². The fraction of sp³-hybridized carbons (Fsp3) is 0.333. The molecule has 7 heavy (non-hydrogen) atoms. The number of halogens is 2. The predicted octanol–water partition coefficient (Wildman–Crippen LogP) is 2.40. The highest BCUT2D eigenvalue weighted by Crippen LogP contribution is 2.64. The molecule has 0 aliphatic carbocycles. The lowest BCUT2D eigenvalue weighted by Gasteiger charge is -1.92. The van der Waals surface area contributed by atoms with Gasteiger partial charge in [0.2, 0.25) is 0 Å². The van der Waals surface area contributed by atoms with Crippen LogP contribution in [0.15, 0.2) is 12.7 Å². The van der Waals surface area contributed by atoms with Gasteiger partial charge in [0.1, 0.15) is 28.6 Å². The molecule has 0 fully saturated rings. The zero-order valence-corrected chi connectivity index (χ0v) is 6.05. The molecule has 0 aliphatic rings. The summed E-state index contributed by atoms with van der Waals surface area (Å²) in [6.07, 6.45) is -0.794. The van der Waals surface area contributed by atoms with Crippen LogP contribution in [0.1, 0.15) is 0 Å². The van der Waals surface area contributed by atoms with E-state index in [0.717, 1.165) is 0 Å². The van der Waals surface area contributed by atoms with Crippen molar-refractivity contribution in [2.24, 2.45) is 0 Å². The first-order valence-electron chi connectivity index (χ1n) is 1.67. The van der Waals surface area contributed by atoms with Crippen molar-refractivity contribution in [3.05, 3.63) is 12.7 Å². The topological polar surface area (TPSA) is 20.2 Å². The zero-order valence-electron chi connectivity index (χ0n) is 3.64. The quantitative estimate of drug-likeness (QED) is 0.485. The molecule has 0 aromatic carbocycles. The average molecular weight is 160 g/mol. The van der Waals surface area contributed by atoms with Crippen LogP contribution >= 0.6 is 28.7 Å². The molecule has 0 radical (unpaired) electrons. The Bertz CT molecular complexity index is 67.8. The Morgan fingerprint density at radius 2 is 2.14 bits per heavy atom. The minimum absolute atomic E-state index is 0.302. The molecule has 0 aliphatic heterocycles. The molecular formula is C3H6Cl2OP+. The van der Waals surface area contributed by atoms with E-state index in [2.05, 4.69) is 6.58 Å². The van der Waals surface area contributed by atoms with Gasteiger partial charge in [-0.2, -0.15) is 0 Å². The summed E-state index contributed by atoms with van der Waals surface area (Å²) in [5.41, 5.74) is 0. The van der Waals surface area contributed by atoms with Gasteiger partial charge in [0.15, 0.2) is 0 Å². The third kappa shape index (κ3) is 6.71. The lowest BCUT2D eigenvalue weighted by atomic mass is 10.8. The summed E-state index contributed by atoms with van der Waals surface area (Å²) in [5, 5.41) is 0. The van der Waals surface area contributed by atoms with Crippen LogP contribution in [0, 0.1) is 0 Å². The summed E-state index contributed by atoms with van der Waals surface area (Å²) in [4.78, 5) is 8.59. The van der Waals surface area contributed by atoms with Crippen molar-refractivity contribution in [1.82, 2.24) is 0 Å². The molecule has 0 unspecified atom stereocenters. The molecule has 0 saturated carbocycles. The van der Waals surface area contributed by atoms with E-state index in [4.69, 9.17) is 27.4 Å². The van der Waals surface area contributed by atoms with Crippen LogP contribution in [0.25, 0.3) is 0 Å². The Hall–Kier alpha value is 0.710. The highest BCUT2D eigenvalue weighted by Gasteiger charge is 2.28. The largest absolute Gasteiger partial charge is 0.339 e. The van der Waals surface area contributed by atoms with E-state index in [9.17, 15) is 0 Å². The molecule has 0 spiro atoms. The van der Waals surface area contributed by atoms with Gasteiger partial charge in [-0.1, -0.05) is 6.58 Å². The maximum atomic E-state index is 8.59. The van der Waals surface area contributed by atoms with E-state index in [-0.39, 0.29) is 0 Å². The smallest absolute Gasteiger partial charge is 0.214 e. The average Bonchev–Trinajstić information content (AvgIpc) is 1.30. The second kappa shape index (κ2) is 2.88. The number of hydrogen-bond acceptors (Lipinski definition) is 1. The SMILES string of the molecule is C=CC[P+](O)(Cl)Cl. The lowest BCUT2D eigenvalue weighted by Crippen LogP contribution is -1.74. The van der Waals surface area contributed by atoms with Gasteiger partial charge in [-0.15, -0.1) is 0 Å². The second-order valence-corrected chi connectivity index (χ2v) is 6.50. The van der Waals surface area contributed by atoms with Gasteiger partial charge in [0.05, 0.1) is 0 Å². The minimum Gasteiger partial charge on any atom is -0.214 e. The number of rotatable bonds is 2. The van der Waals surface area contributed by atoms with Gasteiger partial charge >= 0.3 is 6.19 Å². The minimum atomic E-state index is -2.59. The van der Waals surface area contributed by atoms with E-state index in [0.29, 0.717) is 6.16 Å². The van der Waals surface area contributed by atoms with Gasteiger partial charge in [-0.05, 0) is 6.08 Å². The van der Waals surface area contributed by atoms with Crippen LogP contribution in [0.5, 0.6) is 0 Å². The summed E-state index contributed by atoms with van der Waals surface area (Å²) >= 11 is 10.4. The van der Waals surface area contributed by atoms with Crippen LogP contribution in [-0.4, -0.2) is 11.1 Å². The van der Waals surface area contributed by atoms with Crippen molar-refractivity contribution in [3.8, 4) is 0 Å². The predicted molar refractivity (Wildman–Crippen MR) is 35.9 cm³/mol. The van der Waals surface area contributed by atoms with Crippen LogP contribution in [0.3, 0.4) is 0 Å². The Morgan fingerprint density at radius 1 is 1.71 bits per heavy atom. The normalized spacial score (nSPS) is 11.3. The molecule has 0 amide bonds. The molecule has 0 rings (SSSR count). The number of allylic oxidation sites excluding steroid dienone is 1. The van der Waals surface area contributed by atoms with E-state index >= 15 is 0 Å². The summed E-state index contributed by atoms with van der Waals surface area (Å²) in [7, 11) is 0. The molecule has 4 heteroatoms. The van der Waals surface area contributed by atoms with Gasteiger partial charge in [0, 0.05) is 0 Å². The van der Waals surface area contributed by atoms with Crippen molar-refractivity contribution in [1.29, 1.82) is 0 Å². The molecule has 1 N–H and O–H groups in total. The molecule has 1 nitrogen and oxygen atoms in total. The van der Waals surface area contributed by atoms with Crippen LogP contribution in [0.4, 0.5) is 0 Å². The highest BCUT2D eigenvalue weighted by molar-refractivity contribution is 8.13. The van der Waals surface area contributed by atoms with Crippen LogP contribution in [0.2, 0.25) is 0 Å². The van der Waals surface area contributed by atoms with Crippen molar-refractivity contribution in [2.45, 2.75) is 0 Å². The fourth-order valence-electron chi connectivity index (χ4n) is 0.155. The Morgan fingerprint density at radius 3 is 2.14 bits per heavy atom. The molecule has 0 aromatic rings. The third-order valence-corrected chi connectivity index (χ3v) is 1.87. The highest BCUT2D eigenvalue weighted by atomic mass is 35.9. The third-order valence-electron chi connectivity index (χ3n) is 0.349. The first kappa shape index (κ1) is 7.71. The Kier molecular flexibility index (Phi) is 3.18. The van der Waals surface area contributed by atoms with Gasteiger partial charge in [0.25, 0.3) is 0 Å². The van der Waals surface area contributed by atoms with E-state index in [1.165, 1.54) is 6.08 Å². The van der Waals surface area contributed by atoms with Crippen LogP contribution in [-0.2, 0) is 0 Å². The standard InChI is InChI=1S/C3H6Cl2OP/c1-2-3-7(4,5)6/h2,6H,1,3H2/q+1. The van der Waals surface area contributed by atoms with E-state index in [1.807, 2.05) is 0 Å². The van der Waals surface area contributed by atoms with Crippen molar-refractivity contribution in [2.75, 3.05) is 6.16 Å². The van der Waals surface area contributed by atoms with Gasteiger partial charge in [-0.25, -0.2) is 4.89 Å². The second-order valence-electron chi connectivity index (χ2n) is 1.07. The maximum absolute atomic E-state index is 8.59. The summed E-state index contributed by atoms with van der Waals surface area (Å²) < 4.78 is 0. The monoisotopic (exact) mass is 159 g/mol. The summed E-state index contributed by atoms with van der Waals surface area (Å²) in [6, 6.07) is 0. The summed E-state index contributed by atoms with van der Waals surface area (Å²) in [5.74, 6) is 0. The zero-order chi connectivity index (χ0) is 5.91.